The van der Waals surface area contributed by atoms with Crippen LogP contribution < -0.4 is 10.6 Å². The highest BCUT2D eigenvalue weighted by Gasteiger charge is 2.22. The van der Waals surface area contributed by atoms with Crippen LogP contribution in [0, 0.1) is 6.92 Å². The molecule has 0 saturated carbocycles. The van der Waals surface area contributed by atoms with Gasteiger partial charge in [-0.2, -0.15) is 0 Å². The van der Waals surface area contributed by atoms with Gasteiger partial charge in [-0.15, -0.1) is 0 Å². The smallest absolute Gasteiger partial charge is 0.308 e. The van der Waals surface area contributed by atoms with Gasteiger partial charge in [-0.25, -0.2) is 14.8 Å². The molecule has 2 amide bonds. The lowest BCUT2D eigenvalue weighted by atomic mass is 9.94. The summed E-state index contributed by atoms with van der Waals surface area (Å²) in [6, 6.07) is 8.71. The second kappa shape index (κ2) is 5.93. The molecule has 0 saturated heterocycles. The quantitative estimate of drug-likeness (QED) is 0.892. The number of carbonyl (C=O) groups excluding carboxylic acids is 2. The number of nitrogens with one attached hydrogen (secondary N) is 2. The van der Waals surface area contributed by atoms with Gasteiger partial charge >= 0.3 is 6.03 Å². The normalized spacial score (nSPS) is 13.4. The number of urea groups is 1. The summed E-state index contributed by atoms with van der Waals surface area (Å²) < 4.78 is 0. The van der Waals surface area contributed by atoms with E-state index in [1.165, 1.54) is 0 Å². The van der Waals surface area contributed by atoms with Gasteiger partial charge in [0.15, 0.2) is 5.78 Å². The van der Waals surface area contributed by atoms with Gasteiger partial charge in [0.2, 0.25) is 5.95 Å². The third kappa shape index (κ3) is 2.95. The van der Waals surface area contributed by atoms with Gasteiger partial charge in [-0.1, -0.05) is 18.2 Å². The van der Waals surface area contributed by atoms with E-state index in [-0.39, 0.29) is 11.7 Å². The second-order valence-corrected chi connectivity index (χ2v) is 5.18. The topological polar surface area (TPSA) is 84.0 Å². The van der Waals surface area contributed by atoms with Crippen LogP contribution in [0.15, 0.2) is 30.3 Å². The molecule has 0 fully saturated rings. The largest absolute Gasteiger partial charge is 0.326 e. The molecule has 2 N–H and O–H groups in total. The lowest BCUT2D eigenvalue weighted by molar-refractivity contribution is 0.0970. The van der Waals surface area contributed by atoms with Crippen molar-refractivity contribution in [1.82, 2.24) is 9.97 Å². The molecule has 1 aliphatic rings. The molecule has 0 bridgehead atoms. The van der Waals surface area contributed by atoms with Gasteiger partial charge in [-0.3, -0.25) is 10.1 Å². The Bertz CT molecular complexity index is 728. The number of benzene rings is 1. The Balaban J connectivity index is 1.77. The summed E-state index contributed by atoms with van der Waals surface area (Å²) in [6.07, 6.45) is 2.07. The van der Waals surface area contributed by atoms with E-state index in [1.807, 2.05) is 18.2 Å². The first kappa shape index (κ1) is 14.2. The first-order valence-corrected chi connectivity index (χ1v) is 7.17. The number of amides is 2. The van der Waals surface area contributed by atoms with Gasteiger partial charge in [0, 0.05) is 12.1 Å². The molecule has 1 aromatic carbocycles. The van der Waals surface area contributed by atoms with Gasteiger partial charge < -0.3 is 5.32 Å². The van der Waals surface area contributed by atoms with Crippen LogP contribution in [0.4, 0.5) is 16.4 Å². The predicted molar refractivity (Wildman–Crippen MR) is 83.1 cm³/mol. The number of carbonyl (C=O) groups is 2. The third-order valence-electron chi connectivity index (χ3n) is 3.52. The zero-order valence-electron chi connectivity index (χ0n) is 12.2. The summed E-state index contributed by atoms with van der Waals surface area (Å²) in [5.74, 6) is 0.304. The number of hydrogen-bond acceptors (Lipinski definition) is 4. The Morgan fingerprint density at radius 3 is 2.64 bits per heavy atom. The monoisotopic (exact) mass is 296 g/mol. The Hall–Kier alpha value is -2.76. The van der Waals surface area contributed by atoms with E-state index in [2.05, 4.69) is 20.6 Å². The lowest BCUT2D eigenvalue weighted by Gasteiger charge is -2.16. The molecule has 6 nitrogen and oxygen atoms in total. The van der Waals surface area contributed by atoms with Crippen molar-refractivity contribution in [3.8, 4) is 0 Å². The molecule has 1 heterocycles. The molecule has 1 aliphatic carbocycles. The van der Waals surface area contributed by atoms with Crippen molar-refractivity contribution in [3.05, 3.63) is 47.3 Å². The van der Waals surface area contributed by atoms with Crippen molar-refractivity contribution in [1.29, 1.82) is 0 Å². The lowest BCUT2D eigenvalue weighted by Crippen LogP contribution is -2.23. The Morgan fingerprint density at radius 1 is 1.09 bits per heavy atom. The average molecular weight is 296 g/mol. The molecule has 112 valence electrons. The number of aromatic nitrogens is 2. The minimum Gasteiger partial charge on any atom is -0.308 e. The third-order valence-corrected chi connectivity index (χ3v) is 3.52. The first-order chi connectivity index (χ1) is 10.6. The summed E-state index contributed by atoms with van der Waals surface area (Å²) >= 11 is 0. The molecule has 0 atom stereocenters. The van der Waals surface area contributed by atoms with Gasteiger partial charge in [0.25, 0.3) is 0 Å². The zero-order valence-corrected chi connectivity index (χ0v) is 12.2. The molecule has 0 radical (unpaired) electrons. The van der Waals surface area contributed by atoms with Crippen molar-refractivity contribution in [2.75, 3.05) is 10.6 Å². The molecule has 0 unspecified atom stereocenters. The van der Waals surface area contributed by atoms with E-state index in [9.17, 15) is 9.59 Å². The fourth-order valence-corrected chi connectivity index (χ4v) is 2.56. The van der Waals surface area contributed by atoms with E-state index in [1.54, 1.807) is 19.1 Å². The van der Waals surface area contributed by atoms with Crippen LogP contribution in [0.5, 0.6) is 0 Å². The van der Waals surface area contributed by atoms with Crippen molar-refractivity contribution < 1.29 is 9.59 Å². The highest BCUT2D eigenvalue weighted by atomic mass is 16.2. The van der Waals surface area contributed by atoms with Crippen LogP contribution in [0.2, 0.25) is 0 Å². The van der Waals surface area contributed by atoms with Crippen LogP contribution >= 0.6 is 0 Å². The Labute approximate surface area is 128 Å². The summed E-state index contributed by atoms with van der Waals surface area (Å²) in [5, 5.41) is 5.31. The second-order valence-electron chi connectivity index (χ2n) is 5.18. The summed E-state index contributed by atoms with van der Waals surface area (Å²) in [4.78, 5) is 32.4. The number of Topliss-reactive ketones (excluding diaryl/α,β-unsaturated/α-hetero) is 1. The average Bonchev–Trinajstić information content (AvgIpc) is 2.47. The molecule has 2 aromatic rings. The highest BCUT2D eigenvalue weighted by molar-refractivity contribution is 6.00. The summed E-state index contributed by atoms with van der Waals surface area (Å²) in [5.41, 5.74) is 2.63. The Kier molecular flexibility index (Phi) is 3.82. The van der Waals surface area contributed by atoms with E-state index in [4.69, 9.17) is 0 Å². The molecule has 1 aromatic heterocycles. The van der Waals surface area contributed by atoms with E-state index < -0.39 is 6.03 Å². The molecule has 22 heavy (non-hydrogen) atoms. The molecule has 0 aliphatic heterocycles. The van der Waals surface area contributed by atoms with Crippen molar-refractivity contribution in [2.45, 2.75) is 26.2 Å². The van der Waals surface area contributed by atoms with E-state index in [0.717, 1.165) is 18.5 Å². The minimum atomic E-state index is -0.410. The van der Waals surface area contributed by atoms with Crippen LogP contribution in [0.25, 0.3) is 0 Å². The fourth-order valence-electron chi connectivity index (χ4n) is 2.56. The number of ketones is 1. The van der Waals surface area contributed by atoms with Crippen LogP contribution in [0.3, 0.4) is 0 Å². The minimum absolute atomic E-state index is 0.0824. The van der Waals surface area contributed by atoms with Crippen LogP contribution in [-0.4, -0.2) is 21.8 Å². The van der Waals surface area contributed by atoms with E-state index >= 15 is 0 Å². The molecule has 0 spiro atoms. The number of nitrogens with zero attached hydrogens (tertiary/aromatic N) is 2. The summed E-state index contributed by atoms with van der Waals surface area (Å²) in [7, 11) is 0. The zero-order chi connectivity index (χ0) is 15.5. The SMILES string of the molecule is Cc1nc(NC(=O)Nc2ccccc2)nc2c1C(=O)CCC2. The van der Waals surface area contributed by atoms with Crippen molar-refractivity contribution in [3.63, 3.8) is 0 Å². The van der Waals surface area contributed by atoms with E-state index in [0.29, 0.717) is 23.4 Å². The first-order valence-electron chi connectivity index (χ1n) is 7.17. The number of para-hydroxylation sites is 1. The summed E-state index contributed by atoms with van der Waals surface area (Å²) in [6.45, 7) is 1.77. The van der Waals surface area contributed by atoms with Crippen molar-refractivity contribution in [2.24, 2.45) is 0 Å². The van der Waals surface area contributed by atoms with Crippen LogP contribution in [-0.2, 0) is 6.42 Å². The fraction of sp³-hybridized carbons (Fsp3) is 0.250. The number of aryl methyl sites for hydroxylation is 2. The highest BCUT2D eigenvalue weighted by Crippen LogP contribution is 2.23. The number of hydrogen-bond donors (Lipinski definition) is 2. The molecule has 3 rings (SSSR count). The number of fused-ring (bicyclic) bond motifs is 1. The van der Waals surface area contributed by atoms with Gasteiger partial charge in [0.1, 0.15) is 0 Å². The maximum Gasteiger partial charge on any atom is 0.326 e. The molecular formula is C16H16N4O2. The standard InChI is InChI=1S/C16H16N4O2/c1-10-14-12(8-5-9-13(14)21)19-15(17-10)20-16(22)18-11-6-3-2-4-7-11/h2-4,6-7H,5,8-9H2,1H3,(H2,17,18,19,20,22). The van der Waals surface area contributed by atoms with Gasteiger partial charge in [0.05, 0.1) is 17.0 Å². The number of anilines is 2. The van der Waals surface area contributed by atoms with Crippen molar-refractivity contribution >= 4 is 23.5 Å². The Morgan fingerprint density at radius 2 is 1.86 bits per heavy atom. The maximum absolute atomic E-state index is 12.0. The molecule has 6 heteroatoms. The molecular weight excluding hydrogens is 280 g/mol. The predicted octanol–water partition coefficient (Wildman–Crippen LogP) is 2.95. The van der Waals surface area contributed by atoms with Gasteiger partial charge in [-0.05, 0) is 31.9 Å². The van der Waals surface area contributed by atoms with Crippen LogP contribution in [0.1, 0.15) is 34.6 Å². The number of rotatable bonds is 2. The maximum atomic E-state index is 12.0.